The van der Waals surface area contributed by atoms with E-state index in [0.717, 1.165) is 37.3 Å². The van der Waals surface area contributed by atoms with Crippen LogP contribution in [0.3, 0.4) is 0 Å². The lowest BCUT2D eigenvalue weighted by molar-refractivity contribution is 0.667. The predicted octanol–water partition coefficient (Wildman–Crippen LogP) is 12.5. The summed E-state index contributed by atoms with van der Waals surface area (Å²) in [5, 5.41) is 2.32. The average Bonchev–Trinajstić information content (AvgIpc) is 3.75. The molecule has 0 aliphatic carbocycles. The van der Waals surface area contributed by atoms with Gasteiger partial charge in [-0.15, -0.1) is 22.7 Å². The third-order valence-corrected chi connectivity index (χ3v) is 12.0. The highest BCUT2D eigenvalue weighted by Gasteiger charge is 2.18. The van der Waals surface area contributed by atoms with Crippen molar-refractivity contribution in [2.24, 2.45) is 0 Å². The zero-order valence-corrected chi connectivity index (χ0v) is 29.3. The second-order valence-electron chi connectivity index (χ2n) is 10.0. The molecule has 210 valence electrons. The standard InChI is InChI=1S/C31H33Br2N3S4/c1-3-5-7-9-11-20-17-26(37-19-20)22-13-14-23(29-28(22)35-40-36-29)27-18-21(12-10-8-6-4-2)25(38-27)16-15-24-30(32)39-31(33)34-24/h13-19H,3-12H2,1-2H3/b16-15+. The summed E-state index contributed by atoms with van der Waals surface area (Å²) in [5.74, 6) is 0. The van der Waals surface area contributed by atoms with E-state index in [0.29, 0.717) is 0 Å². The third kappa shape index (κ3) is 7.39. The Morgan fingerprint density at radius 1 is 0.775 bits per heavy atom. The van der Waals surface area contributed by atoms with Gasteiger partial charge in [0.2, 0.25) is 0 Å². The van der Waals surface area contributed by atoms with Crippen LogP contribution in [0.15, 0.2) is 37.3 Å². The van der Waals surface area contributed by atoms with Crippen LogP contribution in [-0.4, -0.2) is 13.7 Å². The maximum absolute atomic E-state index is 4.80. The minimum absolute atomic E-state index is 0.888. The fourth-order valence-electron chi connectivity index (χ4n) is 4.87. The van der Waals surface area contributed by atoms with Gasteiger partial charge in [0, 0.05) is 25.8 Å². The maximum atomic E-state index is 4.80. The van der Waals surface area contributed by atoms with Crippen molar-refractivity contribution < 1.29 is 0 Å². The highest BCUT2D eigenvalue weighted by Crippen LogP contribution is 2.41. The number of aromatic nitrogens is 3. The SMILES string of the molecule is CCCCCCc1csc(-c2ccc(-c3cc(CCCCCC)c(/C=C/c4nc(Br)sc4Br)s3)c3nsnc23)c1. The number of hydrogen-bond acceptors (Lipinski definition) is 7. The van der Waals surface area contributed by atoms with E-state index in [1.165, 1.54) is 100.0 Å². The predicted molar refractivity (Wildman–Crippen MR) is 186 cm³/mol. The lowest BCUT2D eigenvalue weighted by atomic mass is 10.0. The molecule has 5 aromatic rings. The van der Waals surface area contributed by atoms with E-state index in [9.17, 15) is 0 Å². The van der Waals surface area contributed by atoms with E-state index in [1.807, 2.05) is 22.7 Å². The minimum Gasteiger partial charge on any atom is -0.228 e. The minimum atomic E-state index is 0.888. The molecule has 0 aliphatic rings. The number of rotatable bonds is 14. The summed E-state index contributed by atoms with van der Waals surface area (Å²) in [6, 6.07) is 9.26. The maximum Gasteiger partial charge on any atom is 0.160 e. The molecule has 0 saturated heterocycles. The number of thiophene rings is 2. The molecular weight excluding hydrogens is 702 g/mol. The van der Waals surface area contributed by atoms with Gasteiger partial charge >= 0.3 is 0 Å². The number of aryl methyl sites for hydroxylation is 2. The number of nitrogens with zero attached hydrogens (tertiary/aromatic N) is 3. The second-order valence-corrected chi connectivity index (χ2v) is 16.1. The van der Waals surface area contributed by atoms with Crippen LogP contribution in [0.5, 0.6) is 0 Å². The lowest BCUT2D eigenvalue weighted by Crippen LogP contribution is -1.86. The van der Waals surface area contributed by atoms with Crippen molar-refractivity contribution in [1.29, 1.82) is 0 Å². The monoisotopic (exact) mass is 733 g/mol. The van der Waals surface area contributed by atoms with E-state index in [-0.39, 0.29) is 0 Å². The number of thiazole rings is 1. The molecule has 3 nitrogen and oxygen atoms in total. The van der Waals surface area contributed by atoms with Gasteiger partial charge < -0.3 is 0 Å². The lowest BCUT2D eigenvalue weighted by Gasteiger charge is -2.03. The topological polar surface area (TPSA) is 38.7 Å². The van der Waals surface area contributed by atoms with E-state index in [1.54, 1.807) is 11.3 Å². The molecule has 5 rings (SSSR count). The van der Waals surface area contributed by atoms with Crippen molar-refractivity contribution in [2.45, 2.75) is 78.1 Å². The van der Waals surface area contributed by atoms with Gasteiger partial charge in [0.05, 0.1) is 21.2 Å². The van der Waals surface area contributed by atoms with Crippen molar-refractivity contribution >= 4 is 101 Å². The van der Waals surface area contributed by atoms with Crippen molar-refractivity contribution in [3.8, 4) is 20.9 Å². The molecule has 1 aromatic carbocycles. The first-order chi connectivity index (χ1) is 19.6. The quantitative estimate of drug-likeness (QED) is 0.107. The largest absolute Gasteiger partial charge is 0.228 e. The first-order valence-electron chi connectivity index (χ1n) is 14.0. The van der Waals surface area contributed by atoms with Crippen LogP contribution >= 0.6 is 77.6 Å². The van der Waals surface area contributed by atoms with E-state index < -0.39 is 0 Å². The third-order valence-electron chi connectivity index (χ3n) is 7.04. The highest BCUT2D eigenvalue weighted by molar-refractivity contribution is 9.12. The smallest absolute Gasteiger partial charge is 0.160 e. The molecule has 0 bridgehead atoms. The summed E-state index contributed by atoms with van der Waals surface area (Å²) in [5.41, 5.74) is 8.23. The van der Waals surface area contributed by atoms with Gasteiger partial charge in [-0.3, -0.25) is 0 Å². The van der Waals surface area contributed by atoms with Gasteiger partial charge in [-0.2, -0.15) is 8.75 Å². The molecule has 4 aromatic heterocycles. The number of benzene rings is 1. The summed E-state index contributed by atoms with van der Waals surface area (Å²) in [6.07, 6.45) is 16.8. The molecule has 0 fully saturated rings. The van der Waals surface area contributed by atoms with Gasteiger partial charge in [0.15, 0.2) is 3.92 Å². The van der Waals surface area contributed by atoms with Crippen LogP contribution in [0.2, 0.25) is 0 Å². The van der Waals surface area contributed by atoms with Crippen molar-refractivity contribution in [2.75, 3.05) is 0 Å². The molecule has 40 heavy (non-hydrogen) atoms. The molecule has 9 heteroatoms. The number of halogens is 2. The molecule has 0 saturated carbocycles. The number of hydrogen-bond donors (Lipinski definition) is 0. The van der Waals surface area contributed by atoms with Crippen LogP contribution in [-0.2, 0) is 12.8 Å². The fraction of sp³-hybridized carbons (Fsp3) is 0.387. The summed E-state index contributed by atoms with van der Waals surface area (Å²) in [4.78, 5) is 8.45. The molecule has 0 N–H and O–H groups in total. The van der Waals surface area contributed by atoms with E-state index in [2.05, 4.69) is 92.5 Å². The molecule has 4 heterocycles. The van der Waals surface area contributed by atoms with Gasteiger partial charge in [0.25, 0.3) is 0 Å². The summed E-state index contributed by atoms with van der Waals surface area (Å²) >= 11 is 13.7. The Balaban J connectivity index is 1.44. The first-order valence-corrected chi connectivity index (χ1v) is 18.9. The Morgan fingerprint density at radius 2 is 1.48 bits per heavy atom. The second kappa shape index (κ2) is 14.8. The molecule has 0 unspecified atom stereocenters. The molecular formula is C31H33Br2N3S4. The fourth-order valence-corrected chi connectivity index (χ4v) is 10.1. The van der Waals surface area contributed by atoms with Crippen molar-refractivity contribution in [1.82, 2.24) is 13.7 Å². The van der Waals surface area contributed by atoms with Gasteiger partial charge in [-0.25, -0.2) is 4.98 Å². The molecule has 0 spiro atoms. The molecule has 0 amide bonds. The molecule has 0 atom stereocenters. The van der Waals surface area contributed by atoms with Crippen LogP contribution in [0.4, 0.5) is 0 Å². The van der Waals surface area contributed by atoms with Gasteiger partial charge in [0.1, 0.15) is 11.0 Å². The first kappa shape index (κ1) is 30.2. The van der Waals surface area contributed by atoms with Crippen molar-refractivity contribution in [3.63, 3.8) is 0 Å². The summed E-state index contributed by atoms with van der Waals surface area (Å²) in [6.45, 7) is 4.53. The van der Waals surface area contributed by atoms with Crippen LogP contribution < -0.4 is 0 Å². The number of fused-ring (bicyclic) bond motifs is 1. The Labute approximate surface area is 270 Å². The van der Waals surface area contributed by atoms with Gasteiger partial charge in [-0.05, 0) is 98.3 Å². The summed E-state index contributed by atoms with van der Waals surface area (Å²) < 4.78 is 11.5. The Kier molecular flexibility index (Phi) is 11.2. The van der Waals surface area contributed by atoms with Crippen LogP contribution in [0, 0.1) is 0 Å². The summed E-state index contributed by atoms with van der Waals surface area (Å²) in [7, 11) is 0. The zero-order valence-electron chi connectivity index (χ0n) is 22.8. The van der Waals surface area contributed by atoms with Crippen LogP contribution in [0.25, 0.3) is 44.1 Å². The zero-order chi connectivity index (χ0) is 27.9. The Morgan fingerprint density at radius 3 is 2.15 bits per heavy atom. The average molecular weight is 736 g/mol. The molecule has 0 aliphatic heterocycles. The number of unbranched alkanes of at least 4 members (excludes halogenated alkanes) is 6. The Hall–Kier alpha value is -1.23. The van der Waals surface area contributed by atoms with E-state index >= 15 is 0 Å². The highest BCUT2D eigenvalue weighted by atomic mass is 79.9. The van der Waals surface area contributed by atoms with E-state index in [4.69, 9.17) is 8.75 Å². The Bertz CT molecular complexity index is 1580. The van der Waals surface area contributed by atoms with Crippen LogP contribution in [0.1, 0.15) is 86.9 Å². The van der Waals surface area contributed by atoms with Crippen molar-refractivity contribution in [3.05, 3.63) is 59.0 Å². The van der Waals surface area contributed by atoms with Gasteiger partial charge in [-0.1, -0.05) is 75.8 Å². The molecule has 0 radical (unpaired) electrons. The normalized spacial score (nSPS) is 11.9.